The van der Waals surface area contributed by atoms with Crippen LogP contribution in [0.4, 0.5) is 33.0 Å². The van der Waals surface area contributed by atoms with Crippen molar-refractivity contribution >= 4 is 75.9 Å². The second-order valence-electron chi connectivity index (χ2n) is 12.4. The Labute approximate surface area is 348 Å². The predicted molar refractivity (Wildman–Crippen MR) is 226 cm³/mol. The minimum Gasteiger partial charge on any atom is -0.744 e. The third-order valence-electron chi connectivity index (χ3n) is 8.23. The monoisotopic (exact) mass is 862 g/mol. The molecule has 0 bridgehead atoms. The van der Waals surface area contributed by atoms with Gasteiger partial charge in [-0.25, -0.2) is 26.0 Å². The molecule has 18 heteroatoms. The minimum absolute atomic E-state index is 0.139. The molecule has 2 N–H and O–H groups in total. The molecule has 6 aromatic rings. The second kappa shape index (κ2) is 22.6. The highest BCUT2D eigenvalue weighted by Gasteiger charge is 2.11. The fourth-order valence-electron chi connectivity index (χ4n) is 5.12. The van der Waals surface area contributed by atoms with Crippen molar-refractivity contribution in [3.8, 4) is 0 Å². The van der Waals surface area contributed by atoms with Gasteiger partial charge in [0.15, 0.2) is 0 Å². The largest absolute Gasteiger partial charge is 0.744 e. The Morgan fingerprint density at radius 2 is 0.914 bits per heavy atom. The Kier molecular flexibility index (Phi) is 17.7. The lowest BCUT2D eigenvalue weighted by Crippen LogP contribution is -2.28. The zero-order valence-corrected chi connectivity index (χ0v) is 35.8. The van der Waals surface area contributed by atoms with E-state index in [0.29, 0.717) is 11.1 Å². The quantitative estimate of drug-likeness (QED) is 0.0441. The minimum atomic E-state index is -4.28. The van der Waals surface area contributed by atoms with Gasteiger partial charge in [-0.15, -0.1) is 0 Å². The Bertz CT molecular complexity index is 2300. The van der Waals surface area contributed by atoms with Crippen molar-refractivity contribution < 1.29 is 35.1 Å². The normalized spacial score (nSPS) is 11.5. The number of benzene rings is 4. The van der Waals surface area contributed by atoms with Crippen LogP contribution in [0.25, 0.3) is 0 Å². The maximum atomic E-state index is 10.5. The van der Waals surface area contributed by atoms with E-state index in [1.807, 2.05) is 71.7 Å². The summed E-state index contributed by atoms with van der Waals surface area (Å²) in [6, 6.07) is 28.4. The number of hydrogen-bond donors (Lipinski definition) is 2. The molecule has 0 saturated heterocycles. The van der Waals surface area contributed by atoms with Crippen LogP contribution < -0.4 is 19.8 Å². The summed E-state index contributed by atoms with van der Waals surface area (Å²) >= 11 is 3.18. The molecule has 0 fully saturated rings. The lowest BCUT2D eigenvalue weighted by atomic mass is 10.2. The molecular formula is C40H46N8O6S4. The smallest absolute Gasteiger partial charge is 0.408 e. The number of rotatable bonds is 15. The number of unbranched alkanes of at least 4 members (excludes halogenated alkanes) is 1. The maximum Gasteiger partial charge on any atom is 0.408 e. The number of hydrogen-bond acceptors (Lipinski definition) is 14. The molecule has 0 spiro atoms. The van der Waals surface area contributed by atoms with Crippen LogP contribution in [0.1, 0.15) is 37.8 Å². The number of azo groups is 2. The van der Waals surface area contributed by atoms with Crippen molar-refractivity contribution in [1.29, 1.82) is 0 Å². The van der Waals surface area contributed by atoms with E-state index < -0.39 is 20.2 Å². The Morgan fingerprint density at radius 1 is 0.552 bits per heavy atom. The van der Waals surface area contributed by atoms with E-state index in [-0.39, 0.29) is 9.79 Å². The van der Waals surface area contributed by atoms with Gasteiger partial charge in [-0.2, -0.15) is 0 Å². The van der Waals surface area contributed by atoms with Gasteiger partial charge < -0.3 is 19.7 Å². The Hall–Kier alpha value is -5.24. The van der Waals surface area contributed by atoms with Crippen LogP contribution in [0.5, 0.6) is 0 Å². The van der Waals surface area contributed by atoms with Crippen molar-refractivity contribution in [3.05, 3.63) is 131 Å². The van der Waals surface area contributed by atoms with Crippen molar-refractivity contribution in [1.82, 2.24) is 0 Å². The van der Waals surface area contributed by atoms with E-state index in [1.54, 1.807) is 60.8 Å². The first-order valence-electron chi connectivity index (χ1n) is 18.3. The summed E-state index contributed by atoms with van der Waals surface area (Å²) in [6.07, 6.45) is 6.21. The molecule has 0 aliphatic rings. The highest BCUT2D eigenvalue weighted by atomic mass is 32.2. The lowest BCUT2D eigenvalue weighted by molar-refractivity contribution is -0.677. The van der Waals surface area contributed by atoms with Crippen molar-refractivity contribution in [3.63, 3.8) is 0 Å². The standard InChI is InChI=1S/C26H30N8S2.2C7H8O3S/c1-3-33-17-19-35-25(33)31-29-23-11-7-21(8-12-23)27-15-5-6-16-28-22-9-13-24(14-10-22)30-32-26-34(4-2)18-20-36-26;2*1-6-4-2-3-5-7(6)11(8,9)10/h7-14,17-20H,3-6,15-16H2,1-2H3;2*2-5H,1H3,(H,8,9,10). The molecule has 0 amide bonds. The summed E-state index contributed by atoms with van der Waals surface area (Å²) in [5.74, 6) is 0. The first-order valence-corrected chi connectivity index (χ1v) is 22.8. The average Bonchev–Trinajstić information content (AvgIpc) is 3.87. The first-order chi connectivity index (χ1) is 27.8. The summed E-state index contributed by atoms with van der Waals surface area (Å²) < 4.78 is 67.1. The van der Waals surface area contributed by atoms with Crippen LogP contribution in [0.15, 0.2) is 150 Å². The topological polar surface area (TPSA) is 196 Å². The average molecular weight is 863 g/mol. The molecular weight excluding hydrogens is 817 g/mol. The number of aryl methyl sites for hydroxylation is 4. The van der Waals surface area contributed by atoms with Crippen LogP contribution in [-0.2, 0) is 33.3 Å². The molecule has 306 valence electrons. The van der Waals surface area contributed by atoms with Crippen LogP contribution in [0.2, 0.25) is 0 Å². The zero-order chi connectivity index (χ0) is 42.0. The molecule has 58 heavy (non-hydrogen) atoms. The zero-order valence-electron chi connectivity index (χ0n) is 32.6. The van der Waals surface area contributed by atoms with E-state index in [4.69, 9.17) is 0 Å². The molecule has 0 unspecified atom stereocenters. The summed E-state index contributed by atoms with van der Waals surface area (Å²) in [5, 5.41) is 30.2. The maximum absolute atomic E-state index is 10.5. The SMILES string of the molecule is CC[n+]1ccsc1N=Nc1ccc(NCCCCNc2ccc(N=Nc3scc[n+]3CC)cc2)cc1.Cc1ccccc1S(=O)(=O)[O-].Cc1ccccc1S(=O)(=O)[O-]. The highest BCUT2D eigenvalue weighted by Crippen LogP contribution is 2.23. The molecule has 4 aromatic carbocycles. The summed E-state index contributed by atoms with van der Waals surface area (Å²) in [6.45, 7) is 11.0. The van der Waals surface area contributed by atoms with E-state index in [9.17, 15) is 25.9 Å². The van der Waals surface area contributed by atoms with Crippen molar-refractivity contribution in [2.75, 3.05) is 23.7 Å². The molecule has 0 radical (unpaired) electrons. The van der Waals surface area contributed by atoms with Gasteiger partial charge in [-0.3, -0.25) is 0 Å². The molecule has 0 saturated carbocycles. The van der Waals surface area contributed by atoms with Gasteiger partial charge in [-0.05, 0) is 145 Å². The van der Waals surface area contributed by atoms with Gasteiger partial charge in [0.1, 0.15) is 44.0 Å². The van der Waals surface area contributed by atoms with Crippen LogP contribution in [-0.4, -0.2) is 39.0 Å². The van der Waals surface area contributed by atoms with E-state index in [0.717, 1.165) is 72.0 Å². The highest BCUT2D eigenvalue weighted by molar-refractivity contribution is 7.86. The molecule has 6 rings (SSSR count). The Morgan fingerprint density at radius 3 is 1.22 bits per heavy atom. The van der Waals surface area contributed by atoms with Gasteiger partial charge >= 0.3 is 10.3 Å². The number of nitrogens with zero attached hydrogens (tertiary/aromatic N) is 6. The van der Waals surface area contributed by atoms with Crippen molar-refractivity contribution in [2.45, 2.75) is 63.4 Å². The molecule has 0 aliphatic carbocycles. The van der Waals surface area contributed by atoms with E-state index >= 15 is 0 Å². The number of nitrogens with one attached hydrogen (secondary N) is 2. The molecule has 2 heterocycles. The number of thiazole rings is 2. The van der Waals surface area contributed by atoms with Gasteiger partial charge in [0, 0.05) is 35.2 Å². The summed E-state index contributed by atoms with van der Waals surface area (Å²) in [7, 11) is -8.57. The molecule has 0 aliphatic heterocycles. The lowest BCUT2D eigenvalue weighted by Gasteiger charge is -2.08. The first kappa shape index (κ1) is 45.5. The van der Waals surface area contributed by atoms with E-state index in [1.165, 1.54) is 24.3 Å². The molecule has 14 nitrogen and oxygen atoms in total. The van der Waals surface area contributed by atoms with E-state index in [2.05, 4.69) is 54.1 Å². The van der Waals surface area contributed by atoms with Crippen molar-refractivity contribution in [2.24, 2.45) is 20.5 Å². The van der Waals surface area contributed by atoms with Gasteiger partial charge in [0.25, 0.3) is 0 Å². The fourth-order valence-corrected chi connectivity index (χ4v) is 8.02. The number of aromatic nitrogens is 2. The van der Waals surface area contributed by atoms with Crippen LogP contribution in [0.3, 0.4) is 0 Å². The third-order valence-corrected chi connectivity index (χ3v) is 11.8. The fraction of sp³-hybridized carbons (Fsp3) is 0.250. The van der Waals surface area contributed by atoms with Gasteiger partial charge in [0.2, 0.25) is 0 Å². The van der Waals surface area contributed by atoms with Gasteiger partial charge in [0.05, 0.1) is 33.1 Å². The van der Waals surface area contributed by atoms with Crippen LogP contribution >= 0.6 is 22.7 Å². The molecule has 2 aromatic heterocycles. The van der Waals surface area contributed by atoms with Gasteiger partial charge in [-0.1, -0.05) is 36.4 Å². The summed E-state index contributed by atoms with van der Waals surface area (Å²) in [4.78, 5) is -0.278. The third kappa shape index (κ3) is 14.9. The number of anilines is 2. The summed E-state index contributed by atoms with van der Waals surface area (Å²) in [5.41, 5.74) is 4.87. The molecule has 0 atom stereocenters. The van der Waals surface area contributed by atoms with Crippen LogP contribution in [0, 0.1) is 13.8 Å². The predicted octanol–water partition coefficient (Wildman–Crippen LogP) is 9.36. The second-order valence-corrected chi connectivity index (χ2v) is 16.9. The Balaban J connectivity index is 0.000000273.